The van der Waals surface area contributed by atoms with Gasteiger partial charge < -0.3 is 15.1 Å². The zero-order chi connectivity index (χ0) is 19.1. The van der Waals surface area contributed by atoms with Crippen LogP contribution in [0.2, 0.25) is 0 Å². The molecule has 7 heteroatoms. The van der Waals surface area contributed by atoms with Crippen LogP contribution in [-0.4, -0.2) is 23.3 Å². The molecule has 1 aromatic carbocycles. The number of hydrogen-bond acceptors (Lipinski definition) is 4. The van der Waals surface area contributed by atoms with Gasteiger partial charge in [0.2, 0.25) is 0 Å². The van der Waals surface area contributed by atoms with E-state index in [0.29, 0.717) is 17.7 Å². The van der Waals surface area contributed by atoms with Gasteiger partial charge in [0.05, 0.1) is 12.8 Å². The minimum absolute atomic E-state index is 0.120. The summed E-state index contributed by atoms with van der Waals surface area (Å²) in [6.07, 6.45) is 1.88. The van der Waals surface area contributed by atoms with Gasteiger partial charge in [-0.05, 0) is 42.3 Å². The van der Waals surface area contributed by atoms with Crippen molar-refractivity contribution in [2.75, 3.05) is 6.54 Å². The number of rotatable bonds is 7. The number of carbonyl (C=O) groups is 2. The van der Waals surface area contributed by atoms with E-state index < -0.39 is 11.8 Å². The summed E-state index contributed by atoms with van der Waals surface area (Å²) < 4.78 is 18.7. The van der Waals surface area contributed by atoms with Crippen LogP contribution in [0.5, 0.6) is 0 Å². The second kappa shape index (κ2) is 8.75. The highest BCUT2D eigenvalue weighted by molar-refractivity contribution is 5.96. The maximum absolute atomic E-state index is 13.6. The maximum Gasteiger partial charge on any atom is 0.270 e. The Bertz CT molecular complexity index is 926. The Morgan fingerprint density at radius 3 is 2.37 bits per heavy atom. The quantitative estimate of drug-likeness (QED) is 0.672. The number of benzene rings is 1. The Balaban J connectivity index is 1.55. The molecule has 2 aromatic heterocycles. The smallest absolute Gasteiger partial charge is 0.270 e. The number of hydrogen-bond donors (Lipinski definition) is 2. The van der Waals surface area contributed by atoms with Crippen LogP contribution in [-0.2, 0) is 13.0 Å². The summed E-state index contributed by atoms with van der Waals surface area (Å²) in [7, 11) is 0. The molecule has 0 unspecified atom stereocenters. The molecule has 138 valence electrons. The fourth-order valence-corrected chi connectivity index (χ4v) is 2.46. The third kappa shape index (κ3) is 5.01. The van der Waals surface area contributed by atoms with E-state index in [9.17, 15) is 14.0 Å². The lowest BCUT2D eigenvalue weighted by atomic mass is 10.1. The number of furan rings is 1. The van der Waals surface area contributed by atoms with Gasteiger partial charge in [-0.2, -0.15) is 0 Å². The summed E-state index contributed by atoms with van der Waals surface area (Å²) >= 11 is 0. The fourth-order valence-electron chi connectivity index (χ4n) is 2.46. The molecule has 0 bridgehead atoms. The van der Waals surface area contributed by atoms with E-state index in [4.69, 9.17) is 4.42 Å². The first-order valence-electron chi connectivity index (χ1n) is 8.43. The topological polar surface area (TPSA) is 84.2 Å². The van der Waals surface area contributed by atoms with Crippen molar-refractivity contribution in [3.8, 4) is 0 Å². The second-order valence-corrected chi connectivity index (χ2v) is 5.77. The molecule has 0 saturated heterocycles. The Hall–Kier alpha value is -3.48. The minimum atomic E-state index is -0.424. The molecule has 0 radical (unpaired) electrons. The van der Waals surface area contributed by atoms with Crippen molar-refractivity contribution < 1.29 is 18.4 Å². The van der Waals surface area contributed by atoms with Crippen LogP contribution in [0.1, 0.15) is 32.3 Å². The highest BCUT2D eigenvalue weighted by Crippen LogP contribution is 2.07. The van der Waals surface area contributed by atoms with E-state index in [1.165, 1.54) is 24.5 Å². The largest absolute Gasteiger partial charge is 0.467 e. The molecule has 6 nitrogen and oxygen atoms in total. The summed E-state index contributed by atoms with van der Waals surface area (Å²) in [6.45, 7) is 0.489. The normalized spacial score (nSPS) is 10.4. The highest BCUT2D eigenvalue weighted by atomic mass is 19.1. The monoisotopic (exact) mass is 367 g/mol. The van der Waals surface area contributed by atoms with Crippen molar-refractivity contribution in [3.05, 3.63) is 89.4 Å². The maximum atomic E-state index is 13.6. The number of amides is 2. The second-order valence-electron chi connectivity index (χ2n) is 5.77. The van der Waals surface area contributed by atoms with Gasteiger partial charge in [0.1, 0.15) is 23.0 Å². The lowest BCUT2D eigenvalue weighted by Crippen LogP contribution is -2.28. The molecule has 3 rings (SSSR count). The fraction of sp³-hybridized carbons (Fsp3) is 0.150. The first-order valence-corrected chi connectivity index (χ1v) is 8.43. The van der Waals surface area contributed by atoms with Crippen LogP contribution in [0.15, 0.2) is 65.3 Å². The molecule has 0 aliphatic rings. The van der Waals surface area contributed by atoms with E-state index in [-0.39, 0.29) is 30.3 Å². The van der Waals surface area contributed by atoms with E-state index >= 15 is 0 Å². The van der Waals surface area contributed by atoms with Gasteiger partial charge in [-0.15, -0.1) is 0 Å². The number of halogens is 1. The zero-order valence-electron chi connectivity index (χ0n) is 14.4. The van der Waals surface area contributed by atoms with Crippen LogP contribution in [0.25, 0.3) is 0 Å². The molecule has 0 saturated carbocycles. The molecule has 0 atom stereocenters. The van der Waals surface area contributed by atoms with E-state index in [1.54, 1.807) is 36.4 Å². The third-order valence-electron chi connectivity index (χ3n) is 3.86. The lowest BCUT2D eigenvalue weighted by Gasteiger charge is -2.07. The Labute approximate surface area is 155 Å². The van der Waals surface area contributed by atoms with Crippen LogP contribution >= 0.6 is 0 Å². The van der Waals surface area contributed by atoms with Crippen LogP contribution in [0.4, 0.5) is 4.39 Å². The van der Waals surface area contributed by atoms with Crippen molar-refractivity contribution in [2.24, 2.45) is 0 Å². The van der Waals surface area contributed by atoms with Gasteiger partial charge in [-0.25, -0.2) is 9.37 Å². The predicted molar refractivity (Wildman–Crippen MR) is 96.6 cm³/mol. The Kier molecular flexibility index (Phi) is 5.94. The summed E-state index contributed by atoms with van der Waals surface area (Å²) in [5, 5.41) is 5.35. The summed E-state index contributed by atoms with van der Waals surface area (Å²) in [5.41, 5.74) is 0.773. The molecule has 27 heavy (non-hydrogen) atoms. The van der Waals surface area contributed by atoms with Gasteiger partial charge in [0.25, 0.3) is 11.8 Å². The Morgan fingerprint density at radius 1 is 0.926 bits per heavy atom. The molecule has 2 N–H and O–H groups in total. The molecule has 3 aromatic rings. The number of nitrogens with one attached hydrogen (secondary N) is 2. The number of pyridine rings is 1. The van der Waals surface area contributed by atoms with Crippen LogP contribution in [0, 0.1) is 5.82 Å². The van der Waals surface area contributed by atoms with Crippen molar-refractivity contribution in [1.82, 2.24) is 15.6 Å². The van der Waals surface area contributed by atoms with Crippen molar-refractivity contribution >= 4 is 11.8 Å². The summed E-state index contributed by atoms with van der Waals surface area (Å²) in [6, 6.07) is 14.5. The van der Waals surface area contributed by atoms with Gasteiger partial charge in [-0.3, -0.25) is 9.59 Å². The van der Waals surface area contributed by atoms with Gasteiger partial charge in [0.15, 0.2) is 0 Å². The number of carbonyl (C=O) groups excluding carboxylic acids is 2. The van der Waals surface area contributed by atoms with E-state index in [1.807, 2.05) is 0 Å². The minimum Gasteiger partial charge on any atom is -0.467 e. The predicted octanol–water partition coefficient (Wildman–Crippen LogP) is 2.72. The third-order valence-corrected chi connectivity index (χ3v) is 3.86. The molecule has 0 fully saturated rings. The van der Waals surface area contributed by atoms with Crippen LogP contribution in [0.3, 0.4) is 0 Å². The molecule has 0 aliphatic heterocycles. The standard InChI is InChI=1S/C20H18FN3O3/c21-16-7-2-1-5-14(16)10-11-22-19(25)17-8-3-9-18(24-17)20(26)23-13-15-6-4-12-27-15/h1-9,12H,10-11,13H2,(H,22,25)(H,23,26). The number of aromatic nitrogens is 1. The van der Waals surface area contributed by atoms with Gasteiger partial charge >= 0.3 is 0 Å². The van der Waals surface area contributed by atoms with E-state index in [0.717, 1.165) is 0 Å². The van der Waals surface area contributed by atoms with Crippen LogP contribution < -0.4 is 10.6 Å². The molecule has 2 heterocycles. The van der Waals surface area contributed by atoms with Crippen molar-refractivity contribution in [3.63, 3.8) is 0 Å². The van der Waals surface area contributed by atoms with E-state index in [2.05, 4.69) is 15.6 Å². The zero-order valence-corrected chi connectivity index (χ0v) is 14.4. The lowest BCUT2D eigenvalue weighted by molar-refractivity contribution is 0.0940. The Morgan fingerprint density at radius 2 is 1.67 bits per heavy atom. The van der Waals surface area contributed by atoms with Gasteiger partial charge in [-0.1, -0.05) is 24.3 Å². The molecule has 0 aliphatic carbocycles. The average molecular weight is 367 g/mol. The van der Waals surface area contributed by atoms with Crippen molar-refractivity contribution in [2.45, 2.75) is 13.0 Å². The summed E-state index contributed by atoms with van der Waals surface area (Å²) in [4.78, 5) is 28.5. The molecular formula is C20H18FN3O3. The average Bonchev–Trinajstić information content (AvgIpc) is 3.21. The molecule has 2 amide bonds. The molecular weight excluding hydrogens is 349 g/mol. The summed E-state index contributed by atoms with van der Waals surface area (Å²) in [5.74, 6) is -0.523. The highest BCUT2D eigenvalue weighted by Gasteiger charge is 2.12. The van der Waals surface area contributed by atoms with Gasteiger partial charge in [0, 0.05) is 6.54 Å². The molecule has 0 spiro atoms. The number of nitrogens with zero attached hydrogens (tertiary/aromatic N) is 1. The first kappa shape index (κ1) is 18.3. The SMILES string of the molecule is O=C(NCCc1ccccc1F)c1cccc(C(=O)NCc2ccco2)n1. The van der Waals surface area contributed by atoms with Crippen molar-refractivity contribution in [1.29, 1.82) is 0 Å². The first-order chi connectivity index (χ1) is 13.1.